The summed E-state index contributed by atoms with van der Waals surface area (Å²) in [6.07, 6.45) is 3.36. The van der Waals surface area contributed by atoms with Gasteiger partial charge in [-0.3, -0.25) is 14.2 Å². The Balaban J connectivity index is 1.66. The van der Waals surface area contributed by atoms with Gasteiger partial charge in [0.1, 0.15) is 12.9 Å². The Morgan fingerprint density at radius 3 is 2.48 bits per heavy atom. The molecular weight excluding hydrogens is 372 g/mol. The number of likely N-dealkylation sites (tertiary alicyclic amines) is 1. The molecule has 2 aromatic heterocycles. The highest BCUT2D eigenvalue weighted by Gasteiger charge is 2.35. The second-order valence-electron chi connectivity index (χ2n) is 6.74. The van der Waals surface area contributed by atoms with E-state index in [4.69, 9.17) is 0 Å². The van der Waals surface area contributed by atoms with Crippen LogP contribution in [0.15, 0.2) is 22.6 Å². The lowest BCUT2D eigenvalue weighted by Crippen LogP contribution is -2.45. The Morgan fingerprint density at radius 1 is 1.22 bits per heavy atom. The molecule has 1 saturated heterocycles. The first-order chi connectivity index (χ1) is 12.7. The van der Waals surface area contributed by atoms with E-state index < -0.39 is 15.1 Å². The Labute approximate surface area is 156 Å². The van der Waals surface area contributed by atoms with Crippen molar-refractivity contribution in [3.8, 4) is 0 Å². The van der Waals surface area contributed by atoms with Crippen LogP contribution in [-0.2, 0) is 28.2 Å². The molecule has 0 saturated carbocycles. The second kappa shape index (κ2) is 7.22. The van der Waals surface area contributed by atoms with Crippen molar-refractivity contribution in [2.75, 3.05) is 13.1 Å². The van der Waals surface area contributed by atoms with E-state index >= 15 is 0 Å². The van der Waals surface area contributed by atoms with Crippen molar-refractivity contribution in [2.24, 2.45) is 7.05 Å². The number of amides is 1. The molecule has 3 heterocycles. The summed E-state index contributed by atoms with van der Waals surface area (Å²) in [4.78, 5) is 30.4. The van der Waals surface area contributed by atoms with Crippen molar-refractivity contribution in [1.82, 2.24) is 29.2 Å². The van der Waals surface area contributed by atoms with Crippen molar-refractivity contribution in [2.45, 2.75) is 43.6 Å². The van der Waals surface area contributed by atoms with Crippen LogP contribution in [-0.4, -0.2) is 61.9 Å². The number of hydrogen-bond donors (Lipinski definition) is 0. The van der Waals surface area contributed by atoms with E-state index in [-0.39, 0.29) is 23.2 Å². The van der Waals surface area contributed by atoms with Gasteiger partial charge in [0.05, 0.1) is 11.6 Å². The fourth-order valence-corrected chi connectivity index (χ4v) is 4.87. The van der Waals surface area contributed by atoms with E-state index in [0.717, 1.165) is 0 Å². The zero-order chi connectivity index (χ0) is 19.8. The number of carbonyl (C=O) groups excluding carboxylic acids is 1. The van der Waals surface area contributed by atoms with E-state index in [0.29, 0.717) is 37.2 Å². The van der Waals surface area contributed by atoms with Crippen LogP contribution in [0.4, 0.5) is 0 Å². The van der Waals surface area contributed by atoms with Gasteiger partial charge >= 0.3 is 0 Å². The van der Waals surface area contributed by atoms with Crippen LogP contribution in [0.5, 0.6) is 0 Å². The molecule has 1 amide bonds. The minimum Gasteiger partial charge on any atom is -0.341 e. The largest absolute Gasteiger partial charge is 0.341 e. The van der Waals surface area contributed by atoms with Crippen molar-refractivity contribution < 1.29 is 13.2 Å². The van der Waals surface area contributed by atoms with Crippen molar-refractivity contribution >= 4 is 15.7 Å². The van der Waals surface area contributed by atoms with Gasteiger partial charge in [-0.05, 0) is 26.7 Å². The molecule has 0 aromatic carbocycles. The van der Waals surface area contributed by atoms with Gasteiger partial charge < -0.3 is 9.47 Å². The van der Waals surface area contributed by atoms with Gasteiger partial charge in [0.25, 0.3) is 5.56 Å². The van der Waals surface area contributed by atoms with Gasteiger partial charge in [-0.1, -0.05) is 0 Å². The quantitative estimate of drug-likeness (QED) is 0.682. The van der Waals surface area contributed by atoms with E-state index in [9.17, 15) is 18.0 Å². The predicted octanol–water partition coefficient (Wildman–Crippen LogP) is -0.546. The topological polar surface area (TPSA) is 120 Å². The van der Waals surface area contributed by atoms with Gasteiger partial charge in [0.15, 0.2) is 0 Å². The zero-order valence-electron chi connectivity index (χ0n) is 15.5. The Morgan fingerprint density at radius 2 is 1.89 bits per heavy atom. The maximum Gasteiger partial charge on any atom is 0.256 e. The molecule has 10 nitrogen and oxygen atoms in total. The van der Waals surface area contributed by atoms with E-state index in [1.54, 1.807) is 25.8 Å². The molecule has 11 heteroatoms. The summed E-state index contributed by atoms with van der Waals surface area (Å²) in [7, 11) is -2.00. The first-order valence-electron chi connectivity index (χ1n) is 8.60. The number of hydrogen-bond acceptors (Lipinski definition) is 7. The number of aromatic nitrogens is 5. The monoisotopic (exact) mass is 394 g/mol. The van der Waals surface area contributed by atoms with E-state index in [1.807, 2.05) is 0 Å². The van der Waals surface area contributed by atoms with E-state index in [1.165, 1.54) is 21.8 Å². The molecule has 0 atom stereocenters. The third-order valence-electron chi connectivity index (χ3n) is 4.98. The van der Waals surface area contributed by atoms with Gasteiger partial charge in [0.2, 0.25) is 20.9 Å². The number of sulfone groups is 1. The van der Waals surface area contributed by atoms with Crippen LogP contribution >= 0.6 is 0 Å². The Kier molecular flexibility index (Phi) is 5.13. The molecule has 0 bridgehead atoms. The molecule has 1 aliphatic rings. The number of piperidine rings is 1. The molecule has 3 rings (SSSR count). The van der Waals surface area contributed by atoms with Crippen LogP contribution in [0.25, 0.3) is 0 Å². The molecule has 1 aliphatic heterocycles. The Hall–Kier alpha value is -2.56. The fourth-order valence-electron chi connectivity index (χ4n) is 3.13. The first kappa shape index (κ1) is 19.2. The molecule has 27 heavy (non-hydrogen) atoms. The molecule has 0 radical (unpaired) electrons. The maximum absolute atomic E-state index is 12.7. The summed E-state index contributed by atoms with van der Waals surface area (Å²) in [6.45, 7) is 3.94. The third-order valence-corrected chi connectivity index (χ3v) is 7.21. The van der Waals surface area contributed by atoms with Gasteiger partial charge in [-0.25, -0.2) is 13.4 Å². The number of carbonyl (C=O) groups is 1. The van der Waals surface area contributed by atoms with Gasteiger partial charge in [0, 0.05) is 31.4 Å². The summed E-state index contributed by atoms with van der Waals surface area (Å²) >= 11 is 0. The van der Waals surface area contributed by atoms with Crippen molar-refractivity contribution in [3.63, 3.8) is 0 Å². The molecule has 0 N–H and O–H groups in total. The van der Waals surface area contributed by atoms with Crippen LogP contribution in [0.1, 0.15) is 24.1 Å². The fraction of sp³-hybridized carbons (Fsp3) is 0.562. The van der Waals surface area contributed by atoms with Crippen LogP contribution in [0.3, 0.4) is 0 Å². The third kappa shape index (κ3) is 3.64. The molecular formula is C16H22N6O4S. The van der Waals surface area contributed by atoms with Crippen LogP contribution in [0, 0.1) is 13.8 Å². The smallest absolute Gasteiger partial charge is 0.256 e. The van der Waals surface area contributed by atoms with Crippen LogP contribution in [0.2, 0.25) is 0 Å². The number of aryl methyl sites for hydroxylation is 2. The van der Waals surface area contributed by atoms with E-state index in [2.05, 4.69) is 15.2 Å². The predicted molar refractivity (Wildman–Crippen MR) is 95.8 cm³/mol. The van der Waals surface area contributed by atoms with Crippen molar-refractivity contribution in [1.29, 1.82) is 0 Å². The van der Waals surface area contributed by atoms with Gasteiger partial charge in [-0.2, -0.15) is 0 Å². The highest BCUT2D eigenvalue weighted by Crippen LogP contribution is 2.23. The maximum atomic E-state index is 12.7. The summed E-state index contributed by atoms with van der Waals surface area (Å²) in [5.41, 5.74) is 0.910. The first-order valence-corrected chi connectivity index (χ1v) is 10.1. The molecule has 0 unspecified atom stereocenters. The molecule has 146 valence electrons. The molecule has 0 spiro atoms. The summed E-state index contributed by atoms with van der Waals surface area (Å²) in [5.74, 6) is -0.225. The molecule has 1 fully saturated rings. The zero-order valence-corrected chi connectivity index (χ0v) is 16.3. The van der Waals surface area contributed by atoms with Crippen molar-refractivity contribution in [3.05, 3.63) is 34.3 Å². The minimum absolute atomic E-state index is 0.0555. The standard InChI is InChI=1S/C16H22N6O4S/c1-11-12(2)17-9-22(15(11)24)8-14(23)21-6-4-13(5-7-21)27(25,26)16-19-18-10-20(16)3/h9-10,13H,4-8H2,1-3H3. The Bertz CT molecular complexity index is 1020. The highest BCUT2D eigenvalue weighted by atomic mass is 32.2. The van der Waals surface area contributed by atoms with Crippen LogP contribution < -0.4 is 5.56 Å². The summed E-state index contributed by atoms with van der Waals surface area (Å²) in [5, 5.41) is 6.67. The SMILES string of the molecule is Cc1ncn(CC(=O)N2CCC(S(=O)(=O)c3nncn3C)CC2)c(=O)c1C. The number of rotatable bonds is 4. The lowest BCUT2D eigenvalue weighted by atomic mass is 10.1. The average Bonchev–Trinajstić information content (AvgIpc) is 3.09. The molecule has 2 aromatic rings. The lowest BCUT2D eigenvalue weighted by molar-refractivity contribution is -0.132. The normalized spacial score (nSPS) is 15.9. The lowest BCUT2D eigenvalue weighted by Gasteiger charge is -2.31. The average molecular weight is 394 g/mol. The second-order valence-corrected chi connectivity index (χ2v) is 8.86. The summed E-state index contributed by atoms with van der Waals surface area (Å²) < 4.78 is 28.0. The number of nitrogens with zero attached hydrogens (tertiary/aromatic N) is 6. The van der Waals surface area contributed by atoms with Gasteiger partial charge in [-0.15, -0.1) is 10.2 Å². The molecule has 0 aliphatic carbocycles. The highest BCUT2D eigenvalue weighted by molar-refractivity contribution is 7.91. The summed E-state index contributed by atoms with van der Waals surface area (Å²) in [6, 6.07) is 0. The minimum atomic E-state index is -3.59.